The molecule has 1 fully saturated rings. The summed E-state index contributed by atoms with van der Waals surface area (Å²) in [5.74, 6) is 0.455. The lowest BCUT2D eigenvalue weighted by molar-refractivity contribution is -0.138. The summed E-state index contributed by atoms with van der Waals surface area (Å²) in [6.45, 7) is 3.10. The van der Waals surface area contributed by atoms with E-state index in [0.29, 0.717) is 31.0 Å². The lowest BCUT2D eigenvalue weighted by Crippen LogP contribution is -2.45. The van der Waals surface area contributed by atoms with Gasteiger partial charge in [0.1, 0.15) is 18.1 Å². The third-order valence-corrected chi connectivity index (χ3v) is 4.90. The molecule has 152 valence electrons. The third-order valence-electron chi connectivity index (χ3n) is 4.90. The van der Waals surface area contributed by atoms with Gasteiger partial charge in [-0.15, -0.1) is 0 Å². The Bertz CT molecular complexity index is 747. The first-order chi connectivity index (χ1) is 13.4. The fourth-order valence-electron chi connectivity index (χ4n) is 3.46. The number of hydrogen-bond donors (Lipinski definition) is 2. The second kappa shape index (κ2) is 9.30. The van der Waals surface area contributed by atoms with Crippen LogP contribution in [0.2, 0.25) is 0 Å². The Kier molecular flexibility index (Phi) is 6.80. The Hall–Kier alpha value is -2.25. The maximum Gasteiger partial charge on any atom is 0.389 e. The first-order valence-corrected chi connectivity index (χ1v) is 9.43. The highest BCUT2D eigenvalue weighted by molar-refractivity contribution is 5.41. The molecule has 0 amide bonds. The number of phenols is 1. The van der Waals surface area contributed by atoms with Crippen molar-refractivity contribution in [1.29, 1.82) is 0 Å². The van der Waals surface area contributed by atoms with Crippen LogP contribution < -0.4 is 10.1 Å². The van der Waals surface area contributed by atoms with Crippen LogP contribution in [-0.4, -0.2) is 42.4 Å². The zero-order chi connectivity index (χ0) is 20.0. The van der Waals surface area contributed by atoms with Gasteiger partial charge in [0.2, 0.25) is 0 Å². The van der Waals surface area contributed by atoms with Crippen molar-refractivity contribution in [2.24, 2.45) is 0 Å². The summed E-state index contributed by atoms with van der Waals surface area (Å²) < 4.78 is 44.1. The average molecular weight is 394 g/mol. The monoisotopic (exact) mass is 394 g/mol. The summed E-state index contributed by atoms with van der Waals surface area (Å²) in [7, 11) is 0. The molecule has 1 atom stereocenters. The molecule has 1 saturated heterocycles. The van der Waals surface area contributed by atoms with Crippen molar-refractivity contribution in [2.45, 2.75) is 31.7 Å². The molecule has 1 heterocycles. The largest absolute Gasteiger partial charge is 0.507 e. The van der Waals surface area contributed by atoms with Crippen LogP contribution >= 0.6 is 0 Å². The molecule has 0 aromatic heterocycles. The molecule has 0 saturated carbocycles. The van der Waals surface area contributed by atoms with Crippen molar-refractivity contribution in [1.82, 2.24) is 10.2 Å². The minimum atomic E-state index is -4.22. The molecule has 0 unspecified atom stereocenters. The van der Waals surface area contributed by atoms with Crippen LogP contribution in [0.3, 0.4) is 0 Å². The van der Waals surface area contributed by atoms with Gasteiger partial charge in [-0.05, 0) is 18.1 Å². The van der Waals surface area contributed by atoms with Crippen LogP contribution in [0, 0.1) is 0 Å². The van der Waals surface area contributed by atoms with Gasteiger partial charge in [0.25, 0.3) is 0 Å². The molecule has 1 aliphatic rings. The SMILES string of the molecule is Oc1cc(OCc2ccccc2)ccc1[C@H](CCC(F)(F)F)N1CCNCC1. The molecule has 0 radical (unpaired) electrons. The number of alkyl halides is 3. The Morgan fingerprint density at radius 2 is 1.79 bits per heavy atom. The number of nitrogens with one attached hydrogen (secondary N) is 1. The summed E-state index contributed by atoms with van der Waals surface area (Å²) in [6, 6.07) is 14.0. The van der Waals surface area contributed by atoms with Crippen molar-refractivity contribution in [3.8, 4) is 11.5 Å². The number of hydrogen-bond acceptors (Lipinski definition) is 4. The highest BCUT2D eigenvalue weighted by Gasteiger charge is 2.32. The van der Waals surface area contributed by atoms with E-state index in [4.69, 9.17) is 4.74 Å². The number of piperazine rings is 1. The molecule has 2 aromatic carbocycles. The van der Waals surface area contributed by atoms with Crippen molar-refractivity contribution < 1.29 is 23.0 Å². The molecule has 28 heavy (non-hydrogen) atoms. The fraction of sp³-hybridized carbons (Fsp3) is 0.429. The second-order valence-corrected chi connectivity index (χ2v) is 6.95. The Labute approximate surface area is 162 Å². The zero-order valence-corrected chi connectivity index (χ0v) is 15.6. The van der Waals surface area contributed by atoms with Gasteiger partial charge in [0.15, 0.2) is 0 Å². The third kappa shape index (κ3) is 5.87. The minimum absolute atomic E-state index is 0.0312. The van der Waals surface area contributed by atoms with Gasteiger partial charge in [-0.25, -0.2) is 0 Å². The van der Waals surface area contributed by atoms with Gasteiger partial charge < -0.3 is 15.2 Å². The maximum atomic E-state index is 12.8. The van der Waals surface area contributed by atoms with E-state index in [9.17, 15) is 18.3 Å². The quantitative estimate of drug-likeness (QED) is 0.737. The number of phenolic OH excluding ortho intramolecular Hbond substituents is 1. The van der Waals surface area contributed by atoms with Crippen LogP contribution in [0.15, 0.2) is 48.5 Å². The van der Waals surface area contributed by atoms with Gasteiger partial charge in [0, 0.05) is 50.3 Å². The van der Waals surface area contributed by atoms with Crippen molar-refractivity contribution in [3.63, 3.8) is 0 Å². The lowest BCUT2D eigenvalue weighted by atomic mass is 9.98. The lowest BCUT2D eigenvalue weighted by Gasteiger charge is -2.35. The smallest absolute Gasteiger partial charge is 0.389 e. The topological polar surface area (TPSA) is 44.7 Å². The van der Waals surface area contributed by atoms with E-state index in [2.05, 4.69) is 5.32 Å². The second-order valence-electron chi connectivity index (χ2n) is 6.95. The Morgan fingerprint density at radius 3 is 2.43 bits per heavy atom. The van der Waals surface area contributed by atoms with Crippen LogP contribution in [0.5, 0.6) is 11.5 Å². The standard InChI is InChI=1S/C21H25F3N2O2/c22-21(23,24)9-8-19(26-12-10-25-11-13-26)18-7-6-17(14-20(18)27)28-15-16-4-2-1-3-5-16/h1-7,14,19,25,27H,8-13,15H2/t19-/m0/s1. The van der Waals surface area contributed by atoms with E-state index in [1.54, 1.807) is 12.1 Å². The predicted octanol–water partition coefficient (Wildman–Crippen LogP) is 4.26. The molecular formula is C21H25F3N2O2. The zero-order valence-electron chi connectivity index (χ0n) is 15.6. The van der Waals surface area contributed by atoms with Gasteiger partial charge in [-0.2, -0.15) is 13.2 Å². The summed E-state index contributed by atoms with van der Waals surface area (Å²) in [4.78, 5) is 2.00. The number of halogens is 3. The van der Waals surface area contributed by atoms with Crippen LogP contribution in [0.1, 0.15) is 30.0 Å². The molecule has 0 spiro atoms. The van der Waals surface area contributed by atoms with E-state index in [-0.39, 0.29) is 12.2 Å². The Morgan fingerprint density at radius 1 is 1.07 bits per heavy atom. The highest BCUT2D eigenvalue weighted by Crippen LogP contribution is 2.37. The molecular weight excluding hydrogens is 369 g/mol. The highest BCUT2D eigenvalue weighted by atomic mass is 19.4. The first kappa shape index (κ1) is 20.5. The molecule has 2 aromatic rings. The van der Waals surface area contributed by atoms with Gasteiger partial charge in [-0.1, -0.05) is 36.4 Å². The average Bonchev–Trinajstić information content (AvgIpc) is 2.68. The van der Waals surface area contributed by atoms with E-state index < -0.39 is 18.6 Å². The van der Waals surface area contributed by atoms with E-state index in [1.807, 2.05) is 35.2 Å². The summed E-state index contributed by atoms with van der Waals surface area (Å²) >= 11 is 0. The molecule has 7 heteroatoms. The molecule has 2 N–H and O–H groups in total. The van der Waals surface area contributed by atoms with E-state index in [0.717, 1.165) is 18.7 Å². The van der Waals surface area contributed by atoms with Crippen LogP contribution in [-0.2, 0) is 6.61 Å². The van der Waals surface area contributed by atoms with Crippen molar-refractivity contribution in [2.75, 3.05) is 26.2 Å². The maximum absolute atomic E-state index is 12.8. The molecule has 4 nitrogen and oxygen atoms in total. The first-order valence-electron chi connectivity index (χ1n) is 9.43. The fourth-order valence-corrected chi connectivity index (χ4v) is 3.46. The summed E-state index contributed by atoms with van der Waals surface area (Å²) in [5, 5.41) is 13.7. The summed E-state index contributed by atoms with van der Waals surface area (Å²) in [6.07, 6.45) is -5.19. The van der Waals surface area contributed by atoms with Crippen LogP contribution in [0.4, 0.5) is 13.2 Å². The van der Waals surface area contributed by atoms with Crippen molar-refractivity contribution in [3.05, 3.63) is 59.7 Å². The number of rotatable bonds is 7. The molecule has 0 bridgehead atoms. The van der Waals surface area contributed by atoms with E-state index >= 15 is 0 Å². The minimum Gasteiger partial charge on any atom is -0.507 e. The molecule has 3 rings (SSSR count). The summed E-state index contributed by atoms with van der Waals surface area (Å²) in [5.41, 5.74) is 1.51. The van der Waals surface area contributed by atoms with Gasteiger partial charge in [-0.3, -0.25) is 4.90 Å². The van der Waals surface area contributed by atoms with Gasteiger partial charge in [0.05, 0.1) is 0 Å². The molecule has 0 aliphatic carbocycles. The van der Waals surface area contributed by atoms with E-state index in [1.165, 1.54) is 6.07 Å². The van der Waals surface area contributed by atoms with Crippen molar-refractivity contribution >= 4 is 0 Å². The Balaban J connectivity index is 1.73. The number of ether oxygens (including phenoxy) is 1. The number of aromatic hydroxyl groups is 1. The number of nitrogens with zero attached hydrogens (tertiary/aromatic N) is 1. The number of benzene rings is 2. The van der Waals surface area contributed by atoms with Gasteiger partial charge >= 0.3 is 6.18 Å². The van der Waals surface area contributed by atoms with Crippen LogP contribution in [0.25, 0.3) is 0 Å². The predicted molar refractivity (Wildman–Crippen MR) is 101 cm³/mol. The normalized spacial score (nSPS) is 16.7. The molecule has 1 aliphatic heterocycles.